The van der Waals surface area contributed by atoms with Crippen LogP contribution in [0.1, 0.15) is 13.8 Å². The maximum absolute atomic E-state index is 11.0. The van der Waals surface area contributed by atoms with Gasteiger partial charge in [0.05, 0.1) is 11.9 Å². The molecule has 0 aromatic carbocycles. The molecule has 3 N–H and O–H groups in total. The smallest absolute Gasteiger partial charge is 0.170 e. The molecule has 5 heteroatoms. The lowest BCUT2D eigenvalue weighted by molar-refractivity contribution is 0.291. The second kappa shape index (κ2) is 3.32. The Morgan fingerprint density at radius 3 is 2.00 bits per heavy atom. The second-order valence-corrected chi connectivity index (χ2v) is 5.09. The standard InChI is InChI=1S/C5H13NO3S/c1-4(2)10(8,9)5(6)3-7/h4-5,7H,3,6H2,1-2H3. The van der Waals surface area contributed by atoms with E-state index in [9.17, 15) is 8.42 Å². The molecule has 1 unspecified atom stereocenters. The van der Waals surface area contributed by atoms with Crippen LogP contribution in [0.5, 0.6) is 0 Å². The highest BCUT2D eigenvalue weighted by molar-refractivity contribution is 7.92. The van der Waals surface area contributed by atoms with E-state index < -0.39 is 27.1 Å². The van der Waals surface area contributed by atoms with Crippen molar-refractivity contribution in [2.75, 3.05) is 6.61 Å². The van der Waals surface area contributed by atoms with E-state index >= 15 is 0 Å². The number of nitrogens with two attached hydrogens (primary N) is 1. The Labute approximate surface area is 61.0 Å². The van der Waals surface area contributed by atoms with E-state index in [4.69, 9.17) is 10.8 Å². The van der Waals surface area contributed by atoms with Crippen LogP contribution in [0.15, 0.2) is 0 Å². The van der Waals surface area contributed by atoms with Crippen molar-refractivity contribution in [3.8, 4) is 0 Å². The Morgan fingerprint density at radius 1 is 1.50 bits per heavy atom. The first kappa shape index (κ1) is 9.87. The van der Waals surface area contributed by atoms with Gasteiger partial charge in [-0.1, -0.05) is 0 Å². The fraction of sp³-hybridized carbons (Fsp3) is 1.00. The zero-order valence-electron chi connectivity index (χ0n) is 6.11. The van der Waals surface area contributed by atoms with E-state index in [-0.39, 0.29) is 0 Å². The van der Waals surface area contributed by atoms with Crippen molar-refractivity contribution < 1.29 is 13.5 Å². The van der Waals surface area contributed by atoms with Crippen molar-refractivity contribution in [2.45, 2.75) is 24.5 Å². The van der Waals surface area contributed by atoms with Gasteiger partial charge in [-0.25, -0.2) is 8.42 Å². The van der Waals surface area contributed by atoms with Gasteiger partial charge in [-0.2, -0.15) is 0 Å². The summed E-state index contributed by atoms with van der Waals surface area (Å²) in [6.07, 6.45) is 0. The van der Waals surface area contributed by atoms with E-state index in [0.29, 0.717) is 0 Å². The molecule has 4 nitrogen and oxygen atoms in total. The van der Waals surface area contributed by atoms with Gasteiger partial charge in [-0.15, -0.1) is 0 Å². The largest absolute Gasteiger partial charge is 0.394 e. The molecule has 0 fully saturated rings. The summed E-state index contributed by atoms with van der Waals surface area (Å²) in [5.41, 5.74) is 5.11. The Balaban J connectivity index is 4.42. The number of aliphatic hydroxyl groups excluding tert-OH is 1. The molecule has 0 rings (SSSR count). The van der Waals surface area contributed by atoms with E-state index in [2.05, 4.69) is 0 Å². The van der Waals surface area contributed by atoms with Crippen LogP contribution in [0.2, 0.25) is 0 Å². The zero-order valence-corrected chi connectivity index (χ0v) is 6.93. The van der Waals surface area contributed by atoms with Gasteiger partial charge < -0.3 is 10.8 Å². The molecule has 10 heavy (non-hydrogen) atoms. The third kappa shape index (κ3) is 1.93. The van der Waals surface area contributed by atoms with Gasteiger partial charge in [-0.3, -0.25) is 0 Å². The van der Waals surface area contributed by atoms with Crippen molar-refractivity contribution in [1.29, 1.82) is 0 Å². The van der Waals surface area contributed by atoms with Gasteiger partial charge in [0.1, 0.15) is 5.37 Å². The third-order valence-electron chi connectivity index (χ3n) is 1.26. The van der Waals surface area contributed by atoms with Gasteiger partial charge in [0.25, 0.3) is 0 Å². The van der Waals surface area contributed by atoms with Crippen LogP contribution in [0.4, 0.5) is 0 Å². The minimum absolute atomic E-state index is 0.513. The Hall–Kier alpha value is -0.130. The molecular weight excluding hydrogens is 154 g/mol. The van der Waals surface area contributed by atoms with Crippen molar-refractivity contribution >= 4 is 9.84 Å². The summed E-state index contributed by atoms with van der Waals surface area (Å²) in [6, 6.07) is 0. The van der Waals surface area contributed by atoms with E-state index in [0.717, 1.165) is 0 Å². The third-order valence-corrected chi connectivity index (χ3v) is 3.57. The van der Waals surface area contributed by atoms with Gasteiger partial charge in [-0.05, 0) is 13.8 Å². The lowest BCUT2D eigenvalue weighted by atomic mass is 10.6. The fourth-order valence-electron chi connectivity index (χ4n) is 0.453. The first-order valence-electron chi connectivity index (χ1n) is 3.02. The summed E-state index contributed by atoms with van der Waals surface area (Å²) in [5, 5.41) is 6.76. The molecule has 0 saturated carbocycles. The van der Waals surface area contributed by atoms with Crippen LogP contribution in [0.25, 0.3) is 0 Å². The molecular formula is C5H13NO3S. The fourth-order valence-corrected chi connectivity index (χ4v) is 1.36. The maximum atomic E-state index is 11.0. The van der Waals surface area contributed by atoms with Crippen LogP contribution in [0.3, 0.4) is 0 Å². The molecule has 1 atom stereocenters. The number of hydrogen-bond donors (Lipinski definition) is 2. The van der Waals surface area contributed by atoms with E-state index in [1.54, 1.807) is 0 Å². The van der Waals surface area contributed by atoms with Crippen molar-refractivity contribution in [3.05, 3.63) is 0 Å². The molecule has 0 aromatic heterocycles. The summed E-state index contributed by atoms with van der Waals surface area (Å²) >= 11 is 0. The predicted octanol–water partition coefficient (Wildman–Crippen LogP) is -0.913. The van der Waals surface area contributed by atoms with Gasteiger partial charge in [0.2, 0.25) is 0 Å². The minimum Gasteiger partial charge on any atom is -0.394 e. The Morgan fingerprint density at radius 2 is 1.90 bits per heavy atom. The quantitative estimate of drug-likeness (QED) is 0.570. The molecule has 0 aliphatic heterocycles. The molecule has 0 aromatic rings. The average molecular weight is 167 g/mol. The van der Waals surface area contributed by atoms with Crippen LogP contribution < -0.4 is 5.73 Å². The predicted molar refractivity (Wildman–Crippen MR) is 39.1 cm³/mol. The van der Waals surface area contributed by atoms with Gasteiger partial charge in [0.15, 0.2) is 9.84 Å². The normalized spacial score (nSPS) is 15.7. The van der Waals surface area contributed by atoms with Crippen molar-refractivity contribution in [1.82, 2.24) is 0 Å². The van der Waals surface area contributed by atoms with Crippen LogP contribution in [0, 0.1) is 0 Å². The second-order valence-electron chi connectivity index (χ2n) is 2.36. The van der Waals surface area contributed by atoms with Crippen LogP contribution in [-0.2, 0) is 9.84 Å². The average Bonchev–Trinajstić information content (AvgIpc) is 1.86. The zero-order chi connectivity index (χ0) is 8.36. The minimum atomic E-state index is -3.30. The summed E-state index contributed by atoms with van der Waals surface area (Å²) in [7, 11) is -3.30. The molecule has 0 aliphatic rings. The number of aliphatic hydroxyl groups is 1. The number of sulfone groups is 1. The number of hydrogen-bond acceptors (Lipinski definition) is 4. The lowest BCUT2D eigenvalue weighted by Gasteiger charge is -2.12. The first-order chi connectivity index (χ1) is 4.42. The number of rotatable bonds is 3. The van der Waals surface area contributed by atoms with E-state index in [1.807, 2.05) is 0 Å². The van der Waals surface area contributed by atoms with Crippen LogP contribution >= 0.6 is 0 Å². The monoisotopic (exact) mass is 167 g/mol. The molecule has 0 heterocycles. The molecule has 0 spiro atoms. The molecule has 62 valence electrons. The Bertz CT molecular complexity index is 185. The molecule has 0 saturated heterocycles. The van der Waals surface area contributed by atoms with Crippen LogP contribution in [-0.4, -0.2) is 30.8 Å². The van der Waals surface area contributed by atoms with Crippen molar-refractivity contribution in [2.24, 2.45) is 5.73 Å². The van der Waals surface area contributed by atoms with Crippen molar-refractivity contribution in [3.63, 3.8) is 0 Å². The highest BCUT2D eigenvalue weighted by Crippen LogP contribution is 2.03. The summed E-state index contributed by atoms with van der Waals surface area (Å²) < 4.78 is 22.0. The lowest BCUT2D eigenvalue weighted by Crippen LogP contribution is -2.38. The summed E-state index contributed by atoms with van der Waals surface area (Å²) in [5.74, 6) is 0. The van der Waals surface area contributed by atoms with Gasteiger partial charge in [0, 0.05) is 0 Å². The molecule has 0 bridgehead atoms. The van der Waals surface area contributed by atoms with E-state index in [1.165, 1.54) is 13.8 Å². The molecule has 0 amide bonds. The highest BCUT2D eigenvalue weighted by Gasteiger charge is 2.23. The maximum Gasteiger partial charge on any atom is 0.170 e. The molecule has 0 radical (unpaired) electrons. The summed E-state index contributed by atoms with van der Waals surface area (Å²) in [4.78, 5) is 0. The Kier molecular flexibility index (Phi) is 3.27. The topological polar surface area (TPSA) is 80.4 Å². The van der Waals surface area contributed by atoms with Gasteiger partial charge >= 0.3 is 0 Å². The molecule has 0 aliphatic carbocycles. The summed E-state index contributed by atoms with van der Waals surface area (Å²) in [6.45, 7) is 2.55. The first-order valence-corrected chi connectivity index (χ1v) is 4.63. The SMILES string of the molecule is CC(C)S(=O)(=O)C(N)CO. The highest BCUT2D eigenvalue weighted by atomic mass is 32.2.